The SMILES string of the molecule is C[C@H](NC(=O)Cc1c(Cl)cccc1Cl)c1ccccn1. The minimum atomic E-state index is -0.162. The fourth-order valence-electron chi connectivity index (χ4n) is 1.86. The second-order valence-corrected chi connectivity index (χ2v) is 5.24. The third-order valence-electron chi connectivity index (χ3n) is 2.91. The Morgan fingerprint density at radius 2 is 1.90 bits per heavy atom. The average molecular weight is 309 g/mol. The molecule has 1 heterocycles. The maximum absolute atomic E-state index is 12.0. The van der Waals surface area contributed by atoms with Gasteiger partial charge in [0.05, 0.1) is 18.2 Å². The number of hydrogen-bond donors (Lipinski definition) is 1. The van der Waals surface area contributed by atoms with Crippen LogP contribution in [0.3, 0.4) is 0 Å². The molecule has 2 rings (SSSR count). The molecule has 104 valence electrons. The second kappa shape index (κ2) is 6.73. The molecule has 0 spiro atoms. The summed E-state index contributed by atoms with van der Waals surface area (Å²) in [5.41, 5.74) is 1.45. The molecule has 0 saturated heterocycles. The number of carbonyl (C=O) groups is 1. The van der Waals surface area contributed by atoms with E-state index in [0.29, 0.717) is 15.6 Å². The van der Waals surface area contributed by atoms with Gasteiger partial charge >= 0.3 is 0 Å². The number of rotatable bonds is 4. The summed E-state index contributed by atoms with van der Waals surface area (Å²) >= 11 is 12.1. The molecule has 0 fully saturated rings. The van der Waals surface area contributed by atoms with Gasteiger partial charge in [-0.15, -0.1) is 0 Å². The van der Waals surface area contributed by atoms with Crippen LogP contribution < -0.4 is 5.32 Å². The van der Waals surface area contributed by atoms with Crippen molar-refractivity contribution in [3.8, 4) is 0 Å². The van der Waals surface area contributed by atoms with Crippen LogP contribution in [-0.2, 0) is 11.2 Å². The number of hydrogen-bond acceptors (Lipinski definition) is 2. The summed E-state index contributed by atoms with van der Waals surface area (Å²) in [6.45, 7) is 1.88. The van der Waals surface area contributed by atoms with Gasteiger partial charge in [0.25, 0.3) is 0 Å². The molecular formula is C15H14Cl2N2O. The normalized spacial score (nSPS) is 11.9. The number of halogens is 2. The first-order valence-corrected chi connectivity index (χ1v) is 6.96. The van der Waals surface area contributed by atoms with E-state index in [0.717, 1.165) is 5.69 Å². The molecule has 0 aliphatic heterocycles. The smallest absolute Gasteiger partial charge is 0.225 e. The van der Waals surface area contributed by atoms with E-state index < -0.39 is 0 Å². The molecule has 0 aliphatic rings. The molecule has 1 aromatic heterocycles. The molecule has 0 radical (unpaired) electrons. The summed E-state index contributed by atoms with van der Waals surface area (Å²) < 4.78 is 0. The number of nitrogens with one attached hydrogen (secondary N) is 1. The zero-order chi connectivity index (χ0) is 14.5. The predicted octanol–water partition coefficient (Wildman–Crippen LogP) is 3.81. The van der Waals surface area contributed by atoms with Crippen molar-refractivity contribution in [3.63, 3.8) is 0 Å². The maximum Gasteiger partial charge on any atom is 0.225 e. The van der Waals surface area contributed by atoms with Crippen molar-refractivity contribution in [3.05, 3.63) is 63.9 Å². The molecule has 5 heteroatoms. The van der Waals surface area contributed by atoms with Crippen LogP contribution in [0.15, 0.2) is 42.6 Å². The predicted molar refractivity (Wildman–Crippen MR) is 81.0 cm³/mol. The molecule has 1 atom stereocenters. The van der Waals surface area contributed by atoms with E-state index in [4.69, 9.17) is 23.2 Å². The lowest BCUT2D eigenvalue weighted by molar-refractivity contribution is -0.121. The highest BCUT2D eigenvalue weighted by atomic mass is 35.5. The van der Waals surface area contributed by atoms with Crippen molar-refractivity contribution < 1.29 is 4.79 Å². The van der Waals surface area contributed by atoms with E-state index in [2.05, 4.69) is 10.3 Å². The first-order valence-electron chi connectivity index (χ1n) is 6.21. The van der Waals surface area contributed by atoms with Gasteiger partial charge in [-0.05, 0) is 36.8 Å². The lowest BCUT2D eigenvalue weighted by atomic mass is 10.1. The number of nitrogens with zero attached hydrogens (tertiary/aromatic N) is 1. The van der Waals surface area contributed by atoms with E-state index >= 15 is 0 Å². The van der Waals surface area contributed by atoms with Crippen molar-refractivity contribution in [2.75, 3.05) is 0 Å². The quantitative estimate of drug-likeness (QED) is 0.933. The van der Waals surface area contributed by atoms with Gasteiger partial charge in [0, 0.05) is 16.2 Å². The van der Waals surface area contributed by atoms with E-state index in [1.165, 1.54) is 0 Å². The number of benzene rings is 1. The van der Waals surface area contributed by atoms with Gasteiger partial charge in [-0.3, -0.25) is 9.78 Å². The molecule has 1 aromatic carbocycles. The van der Waals surface area contributed by atoms with Gasteiger partial charge < -0.3 is 5.32 Å². The lowest BCUT2D eigenvalue weighted by Crippen LogP contribution is -2.28. The molecule has 0 aliphatic carbocycles. The molecule has 1 amide bonds. The molecule has 0 saturated carbocycles. The fraction of sp³-hybridized carbons (Fsp3) is 0.200. The van der Waals surface area contributed by atoms with Crippen molar-refractivity contribution >= 4 is 29.1 Å². The standard InChI is InChI=1S/C15H14Cl2N2O/c1-10(14-7-2-3-8-18-14)19-15(20)9-11-12(16)5-4-6-13(11)17/h2-8,10H,9H2,1H3,(H,19,20)/t10-/m0/s1. The van der Waals surface area contributed by atoms with Crippen LogP contribution in [0.1, 0.15) is 24.2 Å². The van der Waals surface area contributed by atoms with Crippen LogP contribution in [-0.4, -0.2) is 10.9 Å². The van der Waals surface area contributed by atoms with E-state index in [1.54, 1.807) is 24.4 Å². The number of amides is 1. The minimum absolute atomic E-state index is 0.141. The topological polar surface area (TPSA) is 42.0 Å². The van der Waals surface area contributed by atoms with Crippen molar-refractivity contribution in [1.82, 2.24) is 10.3 Å². The van der Waals surface area contributed by atoms with Crippen molar-refractivity contribution in [2.45, 2.75) is 19.4 Å². The first kappa shape index (κ1) is 14.8. The summed E-state index contributed by atoms with van der Waals surface area (Å²) in [5.74, 6) is -0.141. The Hall–Kier alpha value is -1.58. The molecule has 3 nitrogen and oxygen atoms in total. The van der Waals surface area contributed by atoms with Crippen LogP contribution in [0, 0.1) is 0 Å². The second-order valence-electron chi connectivity index (χ2n) is 4.42. The van der Waals surface area contributed by atoms with Crippen LogP contribution in [0.4, 0.5) is 0 Å². The molecule has 1 N–H and O–H groups in total. The molecule has 0 bridgehead atoms. The highest BCUT2D eigenvalue weighted by molar-refractivity contribution is 6.36. The number of carbonyl (C=O) groups excluding carboxylic acids is 1. The maximum atomic E-state index is 12.0. The zero-order valence-corrected chi connectivity index (χ0v) is 12.4. The zero-order valence-electron chi connectivity index (χ0n) is 10.9. The van der Waals surface area contributed by atoms with E-state index in [1.807, 2.05) is 25.1 Å². The molecular weight excluding hydrogens is 295 g/mol. The highest BCUT2D eigenvalue weighted by Gasteiger charge is 2.14. The largest absolute Gasteiger partial charge is 0.348 e. The summed E-state index contributed by atoms with van der Waals surface area (Å²) in [6, 6.07) is 10.6. The summed E-state index contributed by atoms with van der Waals surface area (Å²) in [6.07, 6.45) is 1.85. The third-order valence-corrected chi connectivity index (χ3v) is 3.62. The Bertz CT molecular complexity index is 582. The Labute approximate surface area is 127 Å². The average Bonchev–Trinajstić information content (AvgIpc) is 2.44. The number of pyridine rings is 1. The summed E-state index contributed by atoms with van der Waals surface area (Å²) in [4.78, 5) is 16.3. The monoisotopic (exact) mass is 308 g/mol. The van der Waals surface area contributed by atoms with Crippen LogP contribution in [0.25, 0.3) is 0 Å². The van der Waals surface area contributed by atoms with Gasteiger partial charge in [-0.1, -0.05) is 35.3 Å². The Balaban J connectivity index is 2.03. The fourth-order valence-corrected chi connectivity index (χ4v) is 2.39. The molecule has 2 aromatic rings. The summed E-state index contributed by atoms with van der Waals surface area (Å²) in [5, 5.41) is 3.88. The van der Waals surface area contributed by atoms with Gasteiger partial charge in [-0.2, -0.15) is 0 Å². The van der Waals surface area contributed by atoms with Crippen LogP contribution >= 0.6 is 23.2 Å². The number of aromatic nitrogens is 1. The first-order chi connectivity index (χ1) is 9.58. The van der Waals surface area contributed by atoms with Crippen LogP contribution in [0.2, 0.25) is 10.0 Å². The minimum Gasteiger partial charge on any atom is -0.348 e. The Kier molecular flexibility index (Phi) is 4.99. The third kappa shape index (κ3) is 3.71. The van der Waals surface area contributed by atoms with Gasteiger partial charge in [0.1, 0.15) is 0 Å². The Morgan fingerprint density at radius 3 is 2.50 bits per heavy atom. The molecule has 0 unspecified atom stereocenters. The van der Waals surface area contributed by atoms with Gasteiger partial charge in [0.2, 0.25) is 5.91 Å². The van der Waals surface area contributed by atoms with Gasteiger partial charge in [-0.25, -0.2) is 0 Å². The van der Waals surface area contributed by atoms with Crippen LogP contribution in [0.5, 0.6) is 0 Å². The van der Waals surface area contributed by atoms with E-state index in [-0.39, 0.29) is 18.4 Å². The molecule has 20 heavy (non-hydrogen) atoms. The Morgan fingerprint density at radius 1 is 1.20 bits per heavy atom. The van der Waals surface area contributed by atoms with Gasteiger partial charge in [0.15, 0.2) is 0 Å². The summed E-state index contributed by atoms with van der Waals surface area (Å²) in [7, 11) is 0. The highest BCUT2D eigenvalue weighted by Crippen LogP contribution is 2.24. The lowest BCUT2D eigenvalue weighted by Gasteiger charge is -2.14. The van der Waals surface area contributed by atoms with Crippen molar-refractivity contribution in [1.29, 1.82) is 0 Å². The van der Waals surface area contributed by atoms with Crippen molar-refractivity contribution in [2.24, 2.45) is 0 Å². The van der Waals surface area contributed by atoms with E-state index in [9.17, 15) is 4.79 Å².